The molecule has 0 aliphatic heterocycles. The molecular weight excluding hydrogens is 352 g/mol. The van der Waals surface area contributed by atoms with E-state index in [0.29, 0.717) is 24.8 Å². The quantitative estimate of drug-likeness (QED) is 0.537. The molecule has 0 heterocycles. The minimum atomic E-state index is -0.338. The minimum absolute atomic E-state index is 0.197. The Balaban J connectivity index is 1.65. The molecule has 2 aliphatic carbocycles. The van der Waals surface area contributed by atoms with Crippen LogP contribution >= 0.6 is 0 Å². The van der Waals surface area contributed by atoms with Crippen LogP contribution in [-0.2, 0) is 24.2 Å². The first-order chi connectivity index (χ1) is 13.5. The van der Waals surface area contributed by atoms with Gasteiger partial charge in [0.05, 0.1) is 5.41 Å². The van der Waals surface area contributed by atoms with Crippen molar-refractivity contribution in [2.24, 2.45) is 10.4 Å². The van der Waals surface area contributed by atoms with Crippen molar-refractivity contribution in [3.8, 4) is 5.75 Å². The van der Waals surface area contributed by atoms with Gasteiger partial charge in [-0.2, -0.15) is 0 Å². The summed E-state index contributed by atoms with van der Waals surface area (Å²) in [6, 6.07) is 3.86. The highest BCUT2D eigenvalue weighted by molar-refractivity contribution is 5.85. The first-order valence-corrected chi connectivity index (χ1v) is 10.5. The van der Waals surface area contributed by atoms with Crippen molar-refractivity contribution in [2.45, 2.75) is 57.9 Å². The minimum Gasteiger partial charge on any atom is -0.508 e. The Hall–Kier alpha value is -2.24. The number of phenolic OH excluding ortho intramolecular Hbond substituents is 1. The third-order valence-corrected chi connectivity index (χ3v) is 6.30. The van der Waals surface area contributed by atoms with Gasteiger partial charge >= 0.3 is 0 Å². The van der Waals surface area contributed by atoms with Gasteiger partial charge in [0, 0.05) is 39.8 Å². The maximum absolute atomic E-state index is 12.7. The van der Waals surface area contributed by atoms with Crippen molar-refractivity contribution in [1.29, 1.82) is 0 Å². The van der Waals surface area contributed by atoms with Crippen molar-refractivity contribution in [1.82, 2.24) is 15.5 Å². The maximum Gasteiger partial charge on any atom is 0.230 e. The predicted octanol–water partition coefficient (Wildman–Crippen LogP) is 2.58. The summed E-state index contributed by atoms with van der Waals surface area (Å²) in [5.41, 5.74) is 3.27. The van der Waals surface area contributed by atoms with Crippen molar-refractivity contribution in [3.63, 3.8) is 0 Å². The van der Waals surface area contributed by atoms with E-state index in [1.165, 1.54) is 24.0 Å². The van der Waals surface area contributed by atoms with Crippen molar-refractivity contribution in [2.75, 3.05) is 27.7 Å². The summed E-state index contributed by atoms with van der Waals surface area (Å²) in [4.78, 5) is 18.8. The monoisotopic (exact) mass is 386 g/mol. The van der Waals surface area contributed by atoms with Crippen LogP contribution < -0.4 is 10.6 Å². The molecule has 28 heavy (non-hydrogen) atoms. The molecule has 1 fully saturated rings. The largest absolute Gasteiger partial charge is 0.508 e. The van der Waals surface area contributed by atoms with Gasteiger partial charge < -0.3 is 20.6 Å². The van der Waals surface area contributed by atoms with E-state index in [9.17, 15) is 9.90 Å². The Morgan fingerprint density at radius 2 is 1.86 bits per heavy atom. The van der Waals surface area contributed by atoms with E-state index >= 15 is 0 Å². The van der Waals surface area contributed by atoms with Crippen LogP contribution in [0, 0.1) is 5.41 Å². The lowest BCUT2D eigenvalue weighted by molar-refractivity contribution is -0.138. The number of rotatable bonds is 5. The molecule has 0 atom stereocenters. The van der Waals surface area contributed by atoms with Crippen LogP contribution in [0.2, 0.25) is 0 Å². The number of nitrogens with zero attached hydrogens (tertiary/aromatic N) is 2. The van der Waals surface area contributed by atoms with E-state index < -0.39 is 0 Å². The van der Waals surface area contributed by atoms with Crippen LogP contribution in [0.5, 0.6) is 5.75 Å². The van der Waals surface area contributed by atoms with E-state index in [-0.39, 0.29) is 11.3 Å². The van der Waals surface area contributed by atoms with Crippen molar-refractivity contribution in [3.05, 3.63) is 28.8 Å². The van der Waals surface area contributed by atoms with Crippen LogP contribution in [0.4, 0.5) is 0 Å². The standard InChI is InChI=1S/C22H34N4O2/c1-23-21(25-15-22(12-6-7-13-22)20(28)26(2)3)24-14-18-17-9-5-4-8-16(17)10-11-19(18)27/h10-11,27H,4-9,12-15H2,1-3H3,(H2,23,24,25). The molecule has 2 aliphatic rings. The van der Waals surface area contributed by atoms with E-state index in [1.807, 2.05) is 14.1 Å². The molecule has 1 aromatic carbocycles. The van der Waals surface area contributed by atoms with Crippen LogP contribution in [-0.4, -0.2) is 49.6 Å². The molecule has 0 radical (unpaired) electrons. The second kappa shape index (κ2) is 8.84. The Morgan fingerprint density at radius 1 is 1.14 bits per heavy atom. The lowest BCUT2D eigenvalue weighted by Gasteiger charge is -2.31. The molecule has 1 saturated carbocycles. The highest BCUT2D eigenvalue weighted by atomic mass is 16.3. The smallest absolute Gasteiger partial charge is 0.230 e. The van der Waals surface area contributed by atoms with Gasteiger partial charge in [-0.05, 0) is 55.7 Å². The number of amides is 1. The molecule has 6 heteroatoms. The number of phenols is 1. The Morgan fingerprint density at radius 3 is 2.54 bits per heavy atom. The van der Waals surface area contributed by atoms with E-state index in [1.54, 1.807) is 18.0 Å². The number of benzene rings is 1. The van der Waals surface area contributed by atoms with Gasteiger partial charge in [0.15, 0.2) is 5.96 Å². The zero-order chi connectivity index (χ0) is 20.1. The summed E-state index contributed by atoms with van der Waals surface area (Å²) in [6.45, 7) is 1.12. The molecule has 0 saturated heterocycles. The van der Waals surface area contributed by atoms with E-state index in [0.717, 1.165) is 44.1 Å². The number of guanidine groups is 1. The molecular formula is C22H34N4O2. The van der Waals surface area contributed by atoms with Crippen molar-refractivity contribution < 1.29 is 9.90 Å². The van der Waals surface area contributed by atoms with Crippen LogP contribution in [0.15, 0.2) is 17.1 Å². The SMILES string of the molecule is CN=C(NCc1c(O)ccc2c1CCCC2)NCC1(C(=O)N(C)C)CCCC1. The van der Waals surface area contributed by atoms with Gasteiger partial charge in [0.1, 0.15) is 5.75 Å². The topological polar surface area (TPSA) is 77.0 Å². The highest BCUT2D eigenvalue weighted by Crippen LogP contribution is 2.39. The molecule has 0 spiro atoms. The summed E-state index contributed by atoms with van der Waals surface area (Å²) in [5.74, 6) is 1.21. The van der Waals surface area contributed by atoms with Crippen LogP contribution in [0.1, 0.15) is 55.2 Å². The second-order valence-electron chi connectivity index (χ2n) is 8.37. The van der Waals surface area contributed by atoms with Gasteiger partial charge in [-0.15, -0.1) is 0 Å². The molecule has 3 rings (SSSR count). The number of fused-ring (bicyclic) bond motifs is 1. The number of aromatic hydroxyl groups is 1. The number of hydrogen-bond acceptors (Lipinski definition) is 3. The molecule has 0 aromatic heterocycles. The number of hydrogen-bond donors (Lipinski definition) is 3. The summed E-state index contributed by atoms with van der Waals surface area (Å²) in [7, 11) is 5.40. The zero-order valence-electron chi connectivity index (χ0n) is 17.5. The third kappa shape index (κ3) is 4.26. The van der Waals surface area contributed by atoms with Crippen LogP contribution in [0.3, 0.4) is 0 Å². The number of nitrogens with one attached hydrogen (secondary N) is 2. The molecule has 1 aromatic rings. The van der Waals surface area contributed by atoms with Gasteiger partial charge in [0.2, 0.25) is 5.91 Å². The van der Waals surface area contributed by atoms with Gasteiger partial charge in [-0.25, -0.2) is 0 Å². The Kier molecular flexibility index (Phi) is 6.47. The molecule has 1 amide bonds. The van der Waals surface area contributed by atoms with Crippen molar-refractivity contribution >= 4 is 11.9 Å². The maximum atomic E-state index is 12.7. The van der Waals surface area contributed by atoms with E-state index in [4.69, 9.17) is 0 Å². The average molecular weight is 387 g/mol. The van der Waals surface area contributed by atoms with Gasteiger partial charge in [-0.3, -0.25) is 9.79 Å². The number of carbonyl (C=O) groups excluding carboxylic acids is 1. The molecule has 154 valence electrons. The number of carbonyl (C=O) groups is 1. The first-order valence-electron chi connectivity index (χ1n) is 10.5. The fraction of sp³-hybridized carbons (Fsp3) is 0.636. The molecule has 3 N–H and O–H groups in total. The lowest BCUT2D eigenvalue weighted by atomic mass is 9.84. The summed E-state index contributed by atoms with van der Waals surface area (Å²) >= 11 is 0. The van der Waals surface area contributed by atoms with Gasteiger partial charge in [0.25, 0.3) is 0 Å². The number of aliphatic imine (C=N–C) groups is 1. The fourth-order valence-corrected chi connectivity index (χ4v) is 4.73. The summed E-state index contributed by atoms with van der Waals surface area (Å²) in [6.07, 6.45) is 8.52. The first kappa shape index (κ1) is 20.5. The predicted molar refractivity (Wildman–Crippen MR) is 113 cm³/mol. The van der Waals surface area contributed by atoms with E-state index in [2.05, 4.69) is 21.7 Å². The second-order valence-corrected chi connectivity index (χ2v) is 8.37. The van der Waals surface area contributed by atoms with Crippen LogP contribution in [0.25, 0.3) is 0 Å². The Labute approximate surface area is 168 Å². The molecule has 0 unspecified atom stereocenters. The number of aryl methyl sites for hydroxylation is 1. The Bertz CT molecular complexity index is 736. The highest BCUT2D eigenvalue weighted by Gasteiger charge is 2.42. The zero-order valence-corrected chi connectivity index (χ0v) is 17.5. The third-order valence-electron chi connectivity index (χ3n) is 6.30. The normalized spacial score (nSPS) is 18.5. The van der Waals surface area contributed by atoms with Gasteiger partial charge in [-0.1, -0.05) is 18.9 Å². The summed E-state index contributed by atoms with van der Waals surface area (Å²) in [5, 5.41) is 17.1. The average Bonchev–Trinajstić information content (AvgIpc) is 3.18. The molecule has 0 bridgehead atoms. The summed E-state index contributed by atoms with van der Waals surface area (Å²) < 4.78 is 0. The molecule has 6 nitrogen and oxygen atoms in total. The lowest BCUT2D eigenvalue weighted by Crippen LogP contribution is -2.49. The fourth-order valence-electron chi connectivity index (χ4n) is 4.73.